The van der Waals surface area contributed by atoms with E-state index in [1.165, 1.54) is 12.3 Å². The van der Waals surface area contributed by atoms with Crippen LogP contribution < -0.4 is 10.6 Å². The van der Waals surface area contributed by atoms with Gasteiger partial charge in [-0.1, -0.05) is 13.8 Å². The van der Waals surface area contributed by atoms with Gasteiger partial charge in [-0.25, -0.2) is 9.37 Å². The smallest absolute Gasteiger partial charge is 0.141 e. The Morgan fingerprint density at radius 2 is 2.06 bits per heavy atom. The summed E-state index contributed by atoms with van der Waals surface area (Å²) in [5, 5.41) is 0. The van der Waals surface area contributed by atoms with Gasteiger partial charge in [0.15, 0.2) is 0 Å². The van der Waals surface area contributed by atoms with Crippen LogP contribution in [0.15, 0.2) is 12.3 Å². The summed E-state index contributed by atoms with van der Waals surface area (Å²) in [5.41, 5.74) is 6.84. The van der Waals surface area contributed by atoms with Crippen LogP contribution in [-0.4, -0.2) is 18.1 Å². The van der Waals surface area contributed by atoms with Crippen LogP contribution >= 0.6 is 0 Å². The summed E-state index contributed by atoms with van der Waals surface area (Å²) in [4.78, 5) is 6.41. The zero-order valence-corrected chi connectivity index (χ0v) is 10.5. The van der Waals surface area contributed by atoms with Gasteiger partial charge < -0.3 is 10.6 Å². The number of nitrogens with two attached hydrogens (primary N) is 1. The van der Waals surface area contributed by atoms with Gasteiger partial charge in [0.1, 0.15) is 11.6 Å². The predicted octanol–water partition coefficient (Wildman–Crippen LogP) is 2.31. The lowest BCUT2D eigenvalue weighted by atomic mass is 9.82. The molecule has 2 N–H and O–H groups in total. The molecule has 0 bridgehead atoms. The van der Waals surface area contributed by atoms with Gasteiger partial charge in [-0.15, -0.1) is 0 Å². The minimum absolute atomic E-state index is 0.313. The third-order valence-corrected chi connectivity index (χ3v) is 3.55. The lowest BCUT2D eigenvalue weighted by Crippen LogP contribution is -2.38. The first-order chi connectivity index (χ1) is 8.02. The highest BCUT2D eigenvalue weighted by atomic mass is 19.1. The van der Waals surface area contributed by atoms with Gasteiger partial charge in [-0.3, -0.25) is 0 Å². The van der Waals surface area contributed by atoms with Crippen molar-refractivity contribution in [3.8, 4) is 0 Å². The average molecular weight is 237 g/mol. The lowest BCUT2D eigenvalue weighted by molar-refractivity contribution is 0.279. The van der Waals surface area contributed by atoms with Gasteiger partial charge in [0, 0.05) is 25.2 Å². The van der Waals surface area contributed by atoms with Crippen molar-refractivity contribution >= 4 is 5.82 Å². The molecule has 2 heterocycles. The molecule has 1 fully saturated rings. The number of nitrogens with zero attached hydrogens (tertiary/aromatic N) is 2. The molecule has 1 aliphatic heterocycles. The molecule has 0 aliphatic carbocycles. The first-order valence-electron chi connectivity index (χ1n) is 6.11. The second-order valence-electron chi connectivity index (χ2n) is 5.49. The van der Waals surface area contributed by atoms with Crippen LogP contribution in [0.2, 0.25) is 0 Å². The fraction of sp³-hybridized carbons (Fsp3) is 0.615. The average Bonchev–Trinajstić information content (AvgIpc) is 2.29. The molecule has 17 heavy (non-hydrogen) atoms. The topological polar surface area (TPSA) is 42.2 Å². The van der Waals surface area contributed by atoms with Crippen molar-refractivity contribution in [2.24, 2.45) is 11.1 Å². The number of pyridine rings is 1. The second kappa shape index (κ2) is 4.61. The van der Waals surface area contributed by atoms with E-state index in [1.807, 2.05) is 0 Å². The minimum atomic E-state index is -0.313. The molecule has 1 aromatic heterocycles. The van der Waals surface area contributed by atoms with Crippen molar-refractivity contribution in [2.45, 2.75) is 33.2 Å². The highest BCUT2D eigenvalue weighted by Crippen LogP contribution is 2.32. The van der Waals surface area contributed by atoms with E-state index in [0.717, 1.165) is 37.3 Å². The van der Waals surface area contributed by atoms with Crippen molar-refractivity contribution < 1.29 is 4.39 Å². The van der Waals surface area contributed by atoms with Gasteiger partial charge in [0.05, 0.1) is 6.20 Å². The van der Waals surface area contributed by atoms with E-state index < -0.39 is 0 Å². The molecule has 0 unspecified atom stereocenters. The molecule has 1 saturated heterocycles. The third-order valence-electron chi connectivity index (χ3n) is 3.55. The Morgan fingerprint density at radius 1 is 1.41 bits per heavy atom. The van der Waals surface area contributed by atoms with E-state index in [0.29, 0.717) is 12.0 Å². The molecule has 3 nitrogen and oxygen atoms in total. The zero-order valence-electron chi connectivity index (χ0n) is 10.5. The molecule has 4 heteroatoms. The van der Waals surface area contributed by atoms with Crippen LogP contribution in [0, 0.1) is 11.2 Å². The van der Waals surface area contributed by atoms with E-state index in [9.17, 15) is 4.39 Å². The molecule has 0 saturated carbocycles. The van der Waals surface area contributed by atoms with Crippen molar-refractivity contribution in [1.29, 1.82) is 0 Å². The summed E-state index contributed by atoms with van der Waals surface area (Å²) >= 11 is 0. The van der Waals surface area contributed by atoms with Crippen molar-refractivity contribution in [1.82, 2.24) is 4.98 Å². The second-order valence-corrected chi connectivity index (χ2v) is 5.49. The summed E-state index contributed by atoms with van der Waals surface area (Å²) in [7, 11) is 0. The van der Waals surface area contributed by atoms with E-state index in [-0.39, 0.29) is 5.82 Å². The van der Waals surface area contributed by atoms with Gasteiger partial charge in [-0.2, -0.15) is 0 Å². The van der Waals surface area contributed by atoms with E-state index in [2.05, 4.69) is 23.7 Å². The van der Waals surface area contributed by atoms with Crippen molar-refractivity contribution in [3.05, 3.63) is 23.6 Å². The Kier molecular flexibility index (Phi) is 3.33. The van der Waals surface area contributed by atoms with E-state index in [1.54, 1.807) is 0 Å². The summed E-state index contributed by atoms with van der Waals surface area (Å²) < 4.78 is 13.1. The quantitative estimate of drug-likeness (QED) is 0.858. The Hall–Kier alpha value is -1.16. The number of hydrogen-bond donors (Lipinski definition) is 1. The SMILES string of the molecule is CC1(C)CCN(c2ncc(F)cc2CN)CC1. The molecule has 0 spiro atoms. The highest BCUT2D eigenvalue weighted by molar-refractivity contribution is 5.47. The van der Waals surface area contributed by atoms with Crippen LogP contribution in [0.1, 0.15) is 32.3 Å². The molecular weight excluding hydrogens is 217 g/mol. The van der Waals surface area contributed by atoms with E-state index in [4.69, 9.17) is 5.73 Å². The summed E-state index contributed by atoms with van der Waals surface area (Å²) in [6.07, 6.45) is 3.54. The van der Waals surface area contributed by atoms with Crippen LogP contribution in [0.3, 0.4) is 0 Å². The molecule has 0 amide bonds. The Bertz CT molecular complexity index is 394. The summed E-state index contributed by atoms with van der Waals surface area (Å²) in [6.45, 7) is 6.84. The Labute approximate surface area is 102 Å². The first kappa shape index (κ1) is 12.3. The minimum Gasteiger partial charge on any atom is -0.356 e. The molecule has 0 atom stereocenters. The van der Waals surface area contributed by atoms with E-state index >= 15 is 0 Å². The maximum atomic E-state index is 13.1. The number of piperidine rings is 1. The van der Waals surface area contributed by atoms with Crippen molar-refractivity contribution in [3.63, 3.8) is 0 Å². The Balaban J connectivity index is 2.18. The number of halogens is 1. The van der Waals surface area contributed by atoms with Gasteiger partial charge in [0.25, 0.3) is 0 Å². The predicted molar refractivity (Wildman–Crippen MR) is 67.3 cm³/mol. The van der Waals surface area contributed by atoms with Gasteiger partial charge in [0.2, 0.25) is 0 Å². The molecule has 0 radical (unpaired) electrons. The molecule has 1 aromatic rings. The number of hydrogen-bond acceptors (Lipinski definition) is 3. The molecular formula is C13H20FN3. The maximum absolute atomic E-state index is 13.1. The van der Waals surface area contributed by atoms with Gasteiger partial charge in [-0.05, 0) is 24.3 Å². The Morgan fingerprint density at radius 3 is 2.65 bits per heavy atom. The van der Waals surface area contributed by atoms with Gasteiger partial charge >= 0.3 is 0 Å². The molecule has 94 valence electrons. The van der Waals surface area contributed by atoms with Crippen LogP contribution in [0.4, 0.5) is 10.2 Å². The fourth-order valence-electron chi connectivity index (χ4n) is 2.23. The highest BCUT2D eigenvalue weighted by Gasteiger charge is 2.26. The van der Waals surface area contributed by atoms with Crippen LogP contribution in [-0.2, 0) is 6.54 Å². The maximum Gasteiger partial charge on any atom is 0.141 e. The third kappa shape index (κ3) is 2.75. The largest absolute Gasteiger partial charge is 0.356 e. The summed E-state index contributed by atoms with van der Waals surface area (Å²) in [5.74, 6) is 0.538. The molecule has 2 rings (SSSR count). The van der Waals surface area contributed by atoms with Crippen molar-refractivity contribution in [2.75, 3.05) is 18.0 Å². The number of aromatic nitrogens is 1. The fourth-order valence-corrected chi connectivity index (χ4v) is 2.23. The monoisotopic (exact) mass is 237 g/mol. The lowest BCUT2D eigenvalue weighted by Gasteiger charge is -2.38. The summed E-state index contributed by atoms with van der Waals surface area (Å²) in [6, 6.07) is 1.49. The molecule has 0 aromatic carbocycles. The normalized spacial score (nSPS) is 19.4. The number of rotatable bonds is 2. The molecule has 1 aliphatic rings. The van der Waals surface area contributed by atoms with Crippen LogP contribution in [0.25, 0.3) is 0 Å². The first-order valence-corrected chi connectivity index (χ1v) is 6.11. The zero-order chi connectivity index (χ0) is 12.5. The van der Waals surface area contributed by atoms with Crippen LogP contribution in [0.5, 0.6) is 0 Å². The standard InChI is InChI=1S/C13H20FN3/c1-13(2)3-5-17(6-4-13)12-10(8-15)7-11(14)9-16-12/h7,9H,3-6,8,15H2,1-2H3. The number of anilines is 1.